The fraction of sp³-hybridized carbons (Fsp3) is 0.286. The van der Waals surface area contributed by atoms with Crippen LogP contribution in [0.15, 0.2) is 42.5 Å². The molecule has 0 heterocycles. The van der Waals surface area contributed by atoms with Crippen LogP contribution in [0, 0.1) is 6.92 Å². The first-order chi connectivity index (χ1) is 13.9. The van der Waals surface area contributed by atoms with E-state index in [1.807, 2.05) is 31.2 Å². The molecule has 29 heavy (non-hydrogen) atoms. The third-order valence-electron chi connectivity index (χ3n) is 3.86. The van der Waals surface area contributed by atoms with Crippen LogP contribution in [-0.2, 0) is 14.3 Å². The second-order valence-electron chi connectivity index (χ2n) is 6.06. The SMILES string of the molecule is COc1ccc(OC)c(C(=O)COC(=O)CSCC(=O)Nc2ccc(C)cc2)c1. The lowest BCUT2D eigenvalue weighted by atomic mass is 10.1. The van der Waals surface area contributed by atoms with Gasteiger partial charge in [-0.1, -0.05) is 17.7 Å². The summed E-state index contributed by atoms with van der Waals surface area (Å²) in [5, 5.41) is 2.75. The number of hydrogen-bond donors (Lipinski definition) is 1. The van der Waals surface area contributed by atoms with Crippen molar-refractivity contribution in [3.8, 4) is 11.5 Å². The maximum Gasteiger partial charge on any atom is 0.316 e. The van der Waals surface area contributed by atoms with E-state index >= 15 is 0 Å². The number of esters is 1. The van der Waals surface area contributed by atoms with E-state index < -0.39 is 18.4 Å². The fourth-order valence-corrected chi connectivity index (χ4v) is 2.97. The van der Waals surface area contributed by atoms with Crippen molar-refractivity contribution in [1.82, 2.24) is 0 Å². The van der Waals surface area contributed by atoms with Gasteiger partial charge in [0.2, 0.25) is 11.7 Å². The molecule has 0 bridgehead atoms. The van der Waals surface area contributed by atoms with Gasteiger partial charge in [0.05, 0.1) is 31.3 Å². The number of carbonyl (C=O) groups is 3. The summed E-state index contributed by atoms with van der Waals surface area (Å²) >= 11 is 1.11. The summed E-state index contributed by atoms with van der Waals surface area (Å²) in [4.78, 5) is 36.1. The number of Topliss-reactive ketones (excluding diaryl/α,β-unsaturated/α-hetero) is 1. The molecule has 0 fully saturated rings. The number of methoxy groups -OCH3 is 2. The van der Waals surface area contributed by atoms with Crippen LogP contribution in [0.2, 0.25) is 0 Å². The Balaban J connectivity index is 1.75. The van der Waals surface area contributed by atoms with E-state index in [1.54, 1.807) is 12.1 Å². The van der Waals surface area contributed by atoms with Crippen molar-refractivity contribution in [3.63, 3.8) is 0 Å². The van der Waals surface area contributed by atoms with E-state index in [1.165, 1.54) is 20.3 Å². The van der Waals surface area contributed by atoms with Gasteiger partial charge in [-0.25, -0.2) is 0 Å². The Morgan fingerprint density at radius 3 is 2.34 bits per heavy atom. The first-order valence-electron chi connectivity index (χ1n) is 8.78. The highest BCUT2D eigenvalue weighted by Gasteiger charge is 2.16. The number of aryl methyl sites for hydroxylation is 1. The van der Waals surface area contributed by atoms with Gasteiger partial charge in [-0.2, -0.15) is 0 Å². The van der Waals surface area contributed by atoms with Crippen molar-refractivity contribution in [2.45, 2.75) is 6.92 Å². The molecule has 7 nitrogen and oxygen atoms in total. The molecule has 2 aromatic carbocycles. The first kappa shape index (κ1) is 22.3. The average molecular weight is 417 g/mol. The molecule has 0 spiro atoms. The minimum Gasteiger partial charge on any atom is -0.497 e. The molecule has 1 N–H and O–H groups in total. The van der Waals surface area contributed by atoms with Gasteiger partial charge < -0.3 is 19.5 Å². The van der Waals surface area contributed by atoms with Crippen LogP contribution < -0.4 is 14.8 Å². The van der Waals surface area contributed by atoms with Crippen molar-refractivity contribution >= 4 is 35.1 Å². The molecule has 0 aliphatic heterocycles. The Morgan fingerprint density at radius 1 is 0.966 bits per heavy atom. The summed E-state index contributed by atoms with van der Waals surface area (Å²) in [5.74, 6) is -0.275. The molecule has 0 radical (unpaired) electrons. The first-order valence-corrected chi connectivity index (χ1v) is 9.93. The Morgan fingerprint density at radius 2 is 1.69 bits per heavy atom. The Labute approximate surface area is 173 Å². The van der Waals surface area contributed by atoms with Crippen molar-refractivity contribution in [3.05, 3.63) is 53.6 Å². The number of ketones is 1. The quantitative estimate of drug-likeness (QED) is 0.469. The zero-order chi connectivity index (χ0) is 21.2. The zero-order valence-electron chi connectivity index (χ0n) is 16.5. The molecule has 0 unspecified atom stereocenters. The van der Waals surface area contributed by atoms with Crippen molar-refractivity contribution in [2.75, 3.05) is 37.6 Å². The van der Waals surface area contributed by atoms with E-state index in [0.717, 1.165) is 17.3 Å². The predicted molar refractivity (Wildman–Crippen MR) is 112 cm³/mol. The maximum absolute atomic E-state index is 12.3. The van der Waals surface area contributed by atoms with Gasteiger partial charge in [0.25, 0.3) is 0 Å². The van der Waals surface area contributed by atoms with Gasteiger partial charge in [0.1, 0.15) is 11.5 Å². The number of ether oxygens (including phenoxy) is 3. The van der Waals surface area contributed by atoms with Crippen LogP contribution >= 0.6 is 11.8 Å². The molecule has 0 saturated carbocycles. The molecular formula is C21H23NO6S. The molecule has 0 aliphatic carbocycles. The molecule has 0 aromatic heterocycles. The molecule has 0 aliphatic rings. The molecule has 8 heteroatoms. The van der Waals surface area contributed by atoms with Crippen molar-refractivity contribution < 1.29 is 28.6 Å². The van der Waals surface area contributed by atoms with Crippen molar-refractivity contribution in [2.24, 2.45) is 0 Å². The number of carbonyl (C=O) groups excluding carboxylic acids is 3. The average Bonchev–Trinajstić information content (AvgIpc) is 2.73. The number of benzene rings is 2. The molecule has 0 atom stereocenters. The van der Waals surface area contributed by atoms with Crippen LogP contribution in [0.4, 0.5) is 5.69 Å². The van der Waals surface area contributed by atoms with Gasteiger partial charge in [0, 0.05) is 5.69 Å². The molecule has 2 aromatic rings. The van der Waals surface area contributed by atoms with Crippen molar-refractivity contribution in [1.29, 1.82) is 0 Å². The smallest absolute Gasteiger partial charge is 0.316 e. The largest absolute Gasteiger partial charge is 0.497 e. The maximum atomic E-state index is 12.3. The lowest BCUT2D eigenvalue weighted by Crippen LogP contribution is -2.18. The molecule has 1 amide bonds. The second-order valence-corrected chi connectivity index (χ2v) is 7.04. The minimum absolute atomic E-state index is 0.0379. The lowest BCUT2D eigenvalue weighted by molar-refractivity contribution is -0.139. The number of amides is 1. The number of thioether (sulfide) groups is 1. The summed E-state index contributed by atoms with van der Waals surface area (Å²) in [7, 11) is 2.94. The molecule has 154 valence electrons. The topological polar surface area (TPSA) is 90.9 Å². The van der Waals surface area contributed by atoms with E-state index in [0.29, 0.717) is 17.2 Å². The highest BCUT2D eigenvalue weighted by molar-refractivity contribution is 8.00. The lowest BCUT2D eigenvalue weighted by Gasteiger charge is -2.10. The summed E-state index contributed by atoms with van der Waals surface area (Å²) in [6.45, 7) is 1.54. The van der Waals surface area contributed by atoms with Gasteiger partial charge in [-0.05, 0) is 37.3 Å². The number of hydrogen-bond acceptors (Lipinski definition) is 7. The van der Waals surface area contributed by atoms with Crippen LogP contribution in [0.25, 0.3) is 0 Å². The van der Waals surface area contributed by atoms with Gasteiger partial charge in [0.15, 0.2) is 6.61 Å². The highest BCUT2D eigenvalue weighted by Crippen LogP contribution is 2.24. The Hall–Kier alpha value is -3.00. The van der Waals surface area contributed by atoms with E-state index in [-0.39, 0.29) is 23.0 Å². The van der Waals surface area contributed by atoms with Crippen LogP contribution in [0.1, 0.15) is 15.9 Å². The number of anilines is 1. The second kappa shape index (κ2) is 11.1. The van der Waals surface area contributed by atoms with E-state index in [9.17, 15) is 14.4 Å². The van der Waals surface area contributed by atoms with E-state index in [4.69, 9.17) is 14.2 Å². The fourth-order valence-electron chi connectivity index (χ4n) is 2.36. The summed E-state index contributed by atoms with van der Waals surface area (Å²) in [5.41, 5.74) is 2.06. The third-order valence-corrected chi connectivity index (χ3v) is 4.77. The number of rotatable bonds is 10. The standard InChI is InChI=1S/C21H23NO6S/c1-14-4-6-15(7-5-14)22-20(24)12-29-13-21(25)28-11-18(23)17-10-16(26-2)8-9-19(17)27-3/h4-10H,11-13H2,1-3H3,(H,22,24). The van der Waals surface area contributed by atoms with Crippen LogP contribution in [-0.4, -0.2) is 50.0 Å². The summed E-state index contributed by atoms with van der Waals surface area (Å²) < 4.78 is 15.3. The Bertz CT molecular complexity index is 866. The van der Waals surface area contributed by atoms with Gasteiger partial charge >= 0.3 is 5.97 Å². The van der Waals surface area contributed by atoms with Gasteiger partial charge in [-0.15, -0.1) is 11.8 Å². The summed E-state index contributed by atoms with van der Waals surface area (Å²) in [6, 6.07) is 12.2. The number of nitrogens with one attached hydrogen (secondary N) is 1. The normalized spacial score (nSPS) is 10.2. The molecule has 0 saturated heterocycles. The zero-order valence-corrected chi connectivity index (χ0v) is 17.3. The molecule has 2 rings (SSSR count). The highest BCUT2D eigenvalue weighted by atomic mass is 32.2. The van der Waals surface area contributed by atoms with Crippen LogP contribution in [0.3, 0.4) is 0 Å². The monoisotopic (exact) mass is 417 g/mol. The van der Waals surface area contributed by atoms with E-state index in [2.05, 4.69) is 5.32 Å². The van der Waals surface area contributed by atoms with Crippen LogP contribution in [0.5, 0.6) is 11.5 Å². The third kappa shape index (κ3) is 7.15. The predicted octanol–water partition coefficient (Wildman–Crippen LogP) is 3.11. The van der Waals surface area contributed by atoms with Gasteiger partial charge in [-0.3, -0.25) is 14.4 Å². The molecular weight excluding hydrogens is 394 g/mol. The minimum atomic E-state index is -0.576. The summed E-state index contributed by atoms with van der Waals surface area (Å²) in [6.07, 6.45) is 0. The Kier molecular flexibility index (Phi) is 8.54.